The summed E-state index contributed by atoms with van der Waals surface area (Å²) in [5, 5.41) is 2.61. The van der Waals surface area contributed by atoms with Crippen molar-refractivity contribution in [1.82, 2.24) is 4.98 Å². The molecule has 0 aliphatic heterocycles. The van der Waals surface area contributed by atoms with Crippen LogP contribution in [0, 0.1) is 6.92 Å². The van der Waals surface area contributed by atoms with E-state index in [9.17, 15) is 4.79 Å². The van der Waals surface area contributed by atoms with E-state index < -0.39 is 0 Å². The van der Waals surface area contributed by atoms with Gasteiger partial charge in [0, 0.05) is 16.3 Å². The maximum absolute atomic E-state index is 12.0. The monoisotopic (exact) mass is 287 g/mol. The minimum Gasteiger partial charge on any atom is -0.462 e. The van der Waals surface area contributed by atoms with E-state index in [1.54, 1.807) is 13.0 Å². The van der Waals surface area contributed by atoms with Crippen molar-refractivity contribution in [2.75, 3.05) is 6.61 Å². The van der Waals surface area contributed by atoms with Crippen LogP contribution in [0.2, 0.25) is 5.02 Å². The summed E-state index contributed by atoms with van der Waals surface area (Å²) in [6.45, 7) is 4.12. The number of carbonyl (C=O) groups is 1. The molecule has 0 bridgehead atoms. The van der Waals surface area contributed by atoms with E-state index in [1.807, 2.05) is 31.2 Å². The first kappa shape index (κ1) is 13.0. The van der Waals surface area contributed by atoms with E-state index in [0.29, 0.717) is 12.2 Å². The van der Waals surface area contributed by atoms with Crippen LogP contribution in [0.4, 0.5) is 0 Å². The van der Waals surface area contributed by atoms with Gasteiger partial charge in [-0.05, 0) is 31.5 Å². The molecule has 0 spiro atoms. The molecule has 1 heterocycles. The highest BCUT2D eigenvalue weighted by molar-refractivity contribution is 6.39. The Hall–Kier alpha value is -2.00. The van der Waals surface area contributed by atoms with Crippen molar-refractivity contribution < 1.29 is 9.53 Å². The maximum atomic E-state index is 12.0. The average Bonchev–Trinajstić information content (AvgIpc) is 2.82. The summed E-state index contributed by atoms with van der Waals surface area (Å²) >= 11 is 6.40. The number of aryl methyl sites for hydroxylation is 1. The third-order valence-electron chi connectivity index (χ3n) is 3.42. The van der Waals surface area contributed by atoms with Gasteiger partial charge in [0.25, 0.3) is 0 Å². The summed E-state index contributed by atoms with van der Waals surface area (Å²) in [7, 11) is 0. The third-order valence-corrected chi connectivity index (χ3v) is 3.91. The Morgan fingerprint density at radius 1 is 1.30 bits per heavy atom. The van der Waals surface area contributed by atoms with Crippen LogP contribution in [-0.4, -0.2) is 17.6 Å². The van der Waals surface area contributed by atoms with E-state index in [-0.39, 0.29) is 5.97 Å². The summed E-state index contributed by atoms with van der Waals surface area (Å²) in [5.41, 5.74) is 3.25. The second kappa shape index (κ2) is 4.84. The number of aromatic amines is 1. The molecular weight excluding hydrogens is 274 g/mol. The lowest BCUT2D eigenvalue weighted by molar-refractivity contribution is 0.0528. The van der Waals surface area contributed by atoms with Crippen molar-refractivity contribution in [3.05, 3.63) is 46.5 Å². The van der Waals surface area contributed by atoms with Crippen molar-refractivity contribution in [2.45, 2.75) is 13.8 Å². The molecule has 2 aromatic carbocycles. The zero-order valence-electron chi connectivity index (χ0n) is 11.3. The number of halogens is 1. The molecule has 1 aromatic heterocycles. The number of nitrogens with one attached hydrogen (secondary N) is 1. The fourth-order valence-electron chi connectivity index (χ4n) is 2.46. The molecule has 4 heteroatoms. The molecule has 0 amide bonds. The first-order chi connectivity index (χ1) is 9.63. The Bertz CT molecular complexity index is 820. The summed E-state index contributed by atoms with van der Waals surface area (Å²) in [4.78, 5) is 15.3. The molecular formula is C16H14ClNO2. The van der Waals surface area contributed by atoms with Crippen LogP contribution in [0.25, 0.3) is 21.8 Å². The van der Waals surface area contributed by atoms with Gasteiger partial charge in [0.2, 0.25) is 0 Å². The van der Waals surface area contributed by atoms with E-state index in [1.165, 1.54) is 0 Å². The standard InChI is InChI=1S/C16H14ClNO2/c1-3-20-16(19)11-6-4-5-10-13-12(18-15(10)11)8-7-9(2)14(13)17/h4-8,18H,3H2,1-2H3. The largest absolute Gasteiger partial charge is 0.462 e. The second-order valence-corrected chi connectivity index (χ2v) is 5.07. The highest BCUT2D eigenvalue weighted by Crippen LogP contribution is 2.34. The molecule has 0 fully saturated rings. The van der Waals surface area contributed by atoms with Crippen molar-refractivity contribution in [1.29, 1.82) is 0 Å². The van der Waals surface area contributed by atoms with Gasteiger partial charge in [-0.25, -0.2) is 4.79 Å². The first-order valence-electron chi connectivity index (χ1n) is 6.50. The summed E-state index contributed by atoms with van der Waals surface area (Å²) in [6, 6.07) is 9.51. The van der Waals surface area contributed by atoms with Crippen LogP contribution in [0.5, 0.6) is 0 Å². The number of H-pyrrole nitrogens is 1. The average molecular weight is 288 g/mol. The quantitative estimate of drug-likeness (QED) is 0.707. The molecule has 0 unspecified atom stereocenters. The summed E-state index contributed by atoms with van der Waals surface area (Å²) in [6.07, 6.45) is 0. The van der Waals surface area contributed by atoms with Crippen LogP contribution in [0.3, 0.4) is 0 Å². The molecule has 0 radical (unpaired) electrons. The lowest BCUT2D eigenvalue weighted by Crippen LogP contribution is -2.05. The van der Waals surface area contributed by atoms with Gasteiger partial charge < -0.3 is 9.72 Å². The molecule has 102 valence electrons. The van der Waals surface area contributed by atoms with Crippen molar-refractivity contribution >= 4 is 39.4 Å². The summed E-state index contributed by atoms with van der Waals surface area (Å²) < 4.78 is 5.09. The van der Waals surface area contributed by atoms with Gasteiger partial charge in [0.05, 0.1) is 22.7 Å². The molecule has 0 saturated carbocycles. The Morgan fingerprint density at radius 3 is 2.85 bits per heavy atom. The molecule has 0 atom stereocenters. The van der Waals surface area contributed by atoms with Gasteiger partial charge in [-0.3, -0.25) is 0 Å². The number of esters is 1. The molecule has 0 saturated heterocycles. The molecule has 3 aromatic rings. The minimum atomic E-state index is -0.322. The first-order valence-corrected chi connectivity index (χ1v) is 6.88. The molecule has 0 aliphatic rings. The number of hydrogen-bond acceptors (Lipinski definition) is 2. The topological polar surface area (TPSA) is 42.1 Å². The predicted octanol–water partition coefficient (Wildman–Crippen LogP) is 4.46. The Kier molecular flexibility index (Phi) is 3.14. The fraction of sp³-hybridized carbons (Fsp3) is 0.188. The van der Waals surface area contributed by atoms with Crippen LogP contribution in [-0.2, 0) is 4.74 Å². The van der Waals surface area contributed by atoms with Gasteiger partial charge in [0.1, 0.15) is 0 Å². The van der Waals surface area contributed by atoms with Gasteiger partial charge >= 0.3 is 5.97 Å². The SMILES string of the molecule is CCOC(=O)c1cccc2c1[nH]c1ccc(C)c(Cl)c12. The van der Waals surface area contributed by atoms with E-state index in [4.69, 9.17) is 16.3 Å². The number of carbonyl (C=O) groups excluding carboxylic acids is 1. The lowest BCUT2D eigenvalue weighted by atomic mass is 10.1. The van der Waals surface area contributed by atoms with Crippen LogP contribution >= 0.6 is 11.6 Å². The van der Waals surface area contributed by atoms with Crippen molar-refractivity contribution in [2.24, 2.45) is 0 Å². The Morgan fingerprint density at radius 2 is 2.10 bits per heavy atom. The molecule has 0 aliphatic carbocycles. The second-order valence-electron chi connectivity index (χ2n) is 4.69. The van der Waals surface area contributed by atoms with Gasteiger partial charge in [0.15, 0.2) is 0 Å². The Labute approximate surface area is 121 Å². The lowest BCUT2D eigenvalue weighted by Gasteiger charge is -2.03. The highest BCUT2D eigenvalue weighted by atomic mass is 35.5. The zero-order chi connectivity index (χ0) is 14.3. The number of rotatable bonds is 2. The van der Waals surface area contributed by atoms with E-state index in [2.05, 4.69) is 4.98 Å². The number of fused-ring (bicyclic) bond motifs is 3. The van der Waals surface area contributed by atoms with Gasteiger partial charge in [-0.2, -0.15) is 0 Å². The van der Waals surface area contributed by atoms with Crippen LogP contribution in [0.15, 0.2) is 30.3 Å². The van der Waals surface area contributed by atoms with Gasteiger partial charge in [-0.15, -0.1) is 0 Å². The normalized spacial score (nSPS) is 11.2. The molecule has 3 nitrogen and oxygen atoms in total. The fourth-order valence-corrected chi connectivity index (χ4v) is 2.72. The maximum Gasteiger partial charge on any atom is 0.340 e. The van der Waals surface area contributed by atoms with Crippen molar-refractivity contribution in [3.63, 3.8) is 0 Å². The van der Waals surface area contributed by atoms with Gasteiger partial charge in [-0.1, -0.05) is 29.8 Å². The van der Waals surface area contributed by atoms with E-state index >= 15 is 0 Å². The number of benzene rings is 2. The van der Waals surface area contributed by atoms with Crippen molar-refractivity contribution in [3.8, 4) is 0 Å². The number of para-hydroxylation sites is 1. The highest BCUT2D eigenvalue weighted by Gasteiger charge is 2.16. The summed E-state index contributed by atoms with van der Waals surface area (Å²) in [5.74, 6) is -0.322. The third kappa shape index (κ3) is 1.86. The minimum absolute atomic E-state index is 0.322. The molecule has 20 heavy (non-hydrogen) atoms. The zero-order valence-corrected chi connectivity index (χ0v) is 12.0. The van der Waals surface area contributed by atoms with Crippen LogP contribution in [0.1, 0.15) is 22.8 Å². The smallest absolute Gasteiger partial charge is 0.340 e. The number of ether oxygens (including phenoxy) is 1. The predicted molar refractivity (Wildman–Crippen MR) is 81.5 cm³/mol. The van der Waals surface area contributed by atoms with E-state index in [0.717, 1.165) is 32.4 Å². The number of hydrogen-bond donors (Lipinski definition) is 1. The number of aromatic nitrogens is 1. The Balaban J connectivity index is 2.37. The molecule has 3 rings (SSSR count). The van der Waals surface area contributed by atoms with Crippen LogP contribution < -0.4 is 0 Å². The molecule has 1 N–H and O–H groups in total.